The summed E-state index contributed by atoms with van der Waals surface area (Å²) in [5, 5.41) is 6.32. The quantitative estimate of drug-likeness (QED) is 0.769. The molecule has 0 unspecified atom stereocenters. The number of carbonyl (C=O) groups excluding carboxylic acids is 1. The van der Waals surface area contributed by atoms with Crippen LogP contribution in [-0.2, 0) is 4.79 Å². The van der Waals surface area contributed by atoms with Crippen LogP contribution in [0.15, 0.2) is 23.1 Å². The molecule has 0 radical (unpaired) electrons. The first-order valence-corrected chi connectivity index (χ1v) is 7.58. The summed E-state index contributed by atoms with van der Waals surface area (Å²) >= 11 is 1.60. The predicted molar refractivity (Wildman–Crippen MR) is 78.4 cm³/mol. The predicted octanol–water partition coefficient (Wildman–Crippen LogP) is 3.72. The zero-order valence-corrected chi connectivity index (χ0v) is 11.6. The minimum atomic E-state index is 0.0904. The van der Waals surface area contributed by atoms with Crippen molar-refractivity contribution < 1.29 is 4.79 Å². The summed E-state index contributed by atoms with van der Waals surface area (Å²) in [6, 6.07) is 6.19. The van der Waals surface area contributed by atoms with Crippen molar-refractivity contribution in [2.24, 2.45) is 0 Å². The number of fused-ring (bicyclic) bond motifs is 1. The Morgan fingerprint density at radius 2 is 2.22 bits per heavy atom. The summed E-state index contributed by atoms with van der Waals surface area (Å²) in [5.41, 5.74) is 2.03. The maximum Gasteiger partial charge on any atom is 0.234 e. The zero-order valence-electron chi connectivity index (χ0n) is 10.8. The molecule has 1 aromatic rings. The van der Waals surface area contributed by atoms with Crippen LogP contribution in [-0.4, -0.2) is 18.2 Å². The number of amides is 1. The van der Waals surface area contributed by atoms with Crippen molar-refractivity contribution in [1.29, 1.82) is 0 Å². The van der Waals surface area contributed by atoms with E-state index >= 15 is 0 Å². The summed E-state index contributed by atoms with van der Waals surface area (Å²) in [7, 11) is 0. The van der Waals surface area contributed by atoms with E-state index in [0.29, 0.717) is 5.75 Å². The van der Waals surface area contributed by atoms with Gasteiger partial charge in [-0.3, -0.25) is 4.79 Å². The Kier molecular flexibility index (Phi) is 4.93. The highest BCUT2D eigenvalue weighted by Crippen LogP contribution is 2.33. The number of hydrogen-bond acceptors (Lipinski definition) is 3. The summed E-state index contributed by atoms with van der Waals surface area (Å²) in [5.74, 6) is 0.615. The van der Waals surface area contributed by atoms with Crippen LogP contribution < -0.4 is 10.6 Å². The van der Waals surface area contributed by atoms with Crippen molar-refractivity contribution in [3.63, 3.8) is 0 Å². The molecule has 0 aromatic heterocycles. The van der Waals surface area contributed by atoms with Crippen LogP contribution in [0.4, 0.5) is 11.4 Å². The van der Waals surface area contributed by atoms with Crippen molar-refractivity contribution in [2.45, 2.75) is 37.5 Å². The number of nitrogens with one attached hydrogen (secondary N) is 2. The molecular weight excluding hydrogens is 244 g/mol. The molecule has 1 aliphatic rings. The second-order valence-electron chi connectivity index (χ2n) is 4.54. The van der Waals surface area contributed by atoms with Gasteiger partial charge in [-0.2, -0.15) is 0 Å². The van der Waals surface area contributed by atoms with E-state index in [4.69, 9.17) is 0 Å². The third kappa shape index (κ3) is 3.67. The van der Waals surface area contributed by atoms with Gasteiger partial charge >= 0.3 is 0 Å². The number of carbonyl (C=O) groups is 1. The molecule has 98 valence electrons. The van der Waals surface area contributed by atoms with Gasteiger partial charge in [0.25, 0.3) is 0 Å². The standard InChI is InChI=1S/C14H20N2OS/c1-2-3-4-5-8-15-11-6-7-13-12(9-11)16-14(17)10-18-13/h6-7,9,15H,2-5,8,10H2,1H3,(H,16,17). The Hall–Kier alpha value is -1.16. The SMILES string of the molecule is CCCCCCNc1ccc2c(c1)NC(=O)CS2. The molecule has 0 aliphatic carbocycles. The molecular formula is C14H20N2OS. The molecule has 0 saturated heterocycles. The Labute approximate surface area is 113 Å². The number of thioether (sulfide) groups is 1. The normalized spacial score (nSPS) is 13.9. The van der Waals surface area contributed by atoms with E-state index in [1.807, 2.05) is 6.07 Å². The fourth-order valence-electron chi connectivity index (χ4n) is 1.98. The molecule has 1 amide bonds. The lowest BCUT2D eigenvalue weighted by Gasteiger charge is -2.17. The van der Waals surface area contributed by atoms with Crippen LogP contribution in [0, 0.1) is 0 Å². The van der Waals surface area contributed by atoms with Gasteiger partial charge in [0.1, 0.15) is 0 Å². The second-order valence-corrected chi connectivity index (χ2v) is 5.55. The van der Waals surface area contributed by atoms with Crippen LogP contribution in [0.2, 0.25) is 0 Å². The van der Waals surface area contributed by atoms with Crippen molar-refractivity contribution in [3.8, 4) is 0 Å². The monoisotopic (exact) mass is 264 g/mol. The first-order chi connectivity index (χ1) is 8.79. The van der Waals surface area contributed by atoms with Gasteiger partial charge < -0.3 is 10.6 Å². The molecule has 1 aliphatic heterocycles. The van der Waals surface area contributed by atoms with Gasteiger partial charge in [0.2, 0.25) is 5.91 Å². The van der Waals surface area contributed by atoms with Gasteiger partial charge in [0.05, 0.1) is 11.4 Å². The molecule has 0 atom stereocenters. The van der Waals surface area contributed by atoms with E-state index in [9.17, 15) is 4.79 Å². The van der Waals surface area contributed by atoms with E-state index in [2.05, 4.69) is 29.7 Å². The Balaban J connectivity index is 1.86. The molecule has 2 rings (SSSR count). The van der Waals surface area contributed by atoms with Crippen LogP contribution in [0.3, 0.4) is 0 Å². The second kappa shape index (κ2) is 6.69. The molecule has 0 spiro atoms. The van der Waals surface area contributed by atoms with Crippen molar-refractivity contribution in [2.75, 3.05) is 22.9 Å². The Morgan fingerprint density at radius 1 is 1.33 bits per heavy atom. The van der Waals surface area contributed by atoms with E-state index in [-0.39, 0.29) is 5.91 Å². The van der Waals surface area contributed by atoms with E-state index in [1.54, 1.807) is 11.8 Å². The lowest BCUT2D eigenvalue weighted by Crippen LogP contribution is -2.18. The van der Waals surface area contributed by atoms with E-state index in [0.717, 1.165) is 22.8 Å². The highest BCUT2D eigenvalue weighted by Gasteiger charge is 2.15. The van der Waals surface area contributed by atoms with Crippen molar-refractivity contribution >= 4 is 29.0 Å². The van der Waals surface area contributed by atoms with Crippen LogP contribution in [0.25, 0.3) is 0 Å². The van der Waals surface area contributed by atoms with Crippen molar-refractivity contribution in [1.82, 2.24) is 0 Å². The molecule has 3 nitrogen and oxygen atoms in total. The van der Waals surface area contributed by atoms with Gasteiger partial charge in [0, 0.05) is 17.1 Å². The fraction of sp³-hybridized carbons (Fsp3) is 0.500. The number of anilines is 2. The lowest BCUT2D eigenvalue weighted by atomic mass is 10.2. The smallest absolute Gasteiger partial charge is 0.234 e. The minimum absolute atomic E-state index is 0.0904. The van der Waals surface area contributed by atoms with E-state index < -0.39 is 0 Å². The van der Waals surface area contributed by atoms with Gasteiger partial charge in [-0.25, -0.2) is 0 Å². The Bertz CT molecular complexity index is 420. The summed E-state index contributed by atoms with van der Waals surface area (Å²) in [6.07, 6.45) is 5.05. The first-order valence-electron chi connectivity index (χ1n) is 6.60. The maximum atomic E-state index is 11.3. The average molecular weight is 264 g/mol. The summed E-state index contributed by atoms with van der Waals surface area (Å²) in [4.78, 5) is 12.5. The van der Waals surface area contributed by atoms with Crippen LogP contribution in [0.1, 0.15) is 32.6 Å². The fourth-order valence-corrected chi connectivity index (χ4v) is 2.77. The Morgan fingerprint density at radius 3 is 3.06 bits per heavy atom. The number of benzene rings is 1. The van der Waals surface area contributed by atoms with Gasteiger partial charge in [-0.1, -0.05) is 26.2 Å². The van der Waals surface area contributed by atoms with Crippen molar-refractivity contribution in [3.05, 3.63) is 18.2 Å². The number of rotatable bonds is 6. The molecule has 2 N–H and O–H groups in total. The number of hydrogen-bond donors (Lipinski definition) is 2. The number of unbranched alkanes of at least 4 members (excludes halogenated alkanes) is 3. The average Bonchev–Trinajstić information content (AvgIpc) is 2.38. The molecule has 0 bridgehead atoms. The largest absolute Gasteiger partial charge is 0.385 e. The minimum Gasteiger partial charge on any atom is -0.385 e. The highest BCUT2D eigenvalue weighted by atomic mass is 32.2. The molecule has 1 aromatic carbocycles. The maximum absolute atomic E-state index is 11.3. The zero-order chi connectivity index (χ0) is 12.8. The van der Waals surface area contributed by atoms with Gasteiger partial charge in [-0.15, -0.1) is 11.8 Å². The van der Waals surface area contributed by atoms with Gasteiger partial charge in [-0.05, 0) is 24.6 Å². The molecule has 0 fully saturated rings. The summed E-state index contributed by atoms with van der Waals surface area (Å²) in [6.45, 7) is 3.22. The molecule has 18 heavy (non-hydrogen) atoms. The highest BCUT2D eigenvalue weighted by molar-refractivity contribution is 8.00. The lowest BCUT2D eigenvalue weighted by molar-refractivity contribution is -0.113. The molecule has 1 heterocycles. The molecule has 4 heteroatoms. The molecule has 0 saturated carbocycles. The third-order valence-corrected chi connectivity index (χ3v) is 4.05. The van der Waals surface area contributed by atoms with Gasteiger partial charge in [0.15, 0.2) is 0 Å². The summed E-state index contributed by atoms with van der Waals surface area (Å²) < 4.78 is 0. The van der Waals surface area contributed by atoms with E-state index in [1.165, 1.54) is 25.7 Å². The van der Waals surface area contributed by atoms with Crippen LogP contribution >= 0.6 is 11.8 Å². The van der Waals surface area contributed by atoms with Crippen LogP contribution in [0.5, 0.6) is 0 Å². The third-order valence-electron chi connectivity index (χ3n) is 2.97. The topological polar surface area (TPSA) is 41.1 Å². The first kappa shape index (κ1) is 13.3.